The summed E-state index contributed by atoms with van der Waals surface area (Å²) in [7, 11) is 0. The molecule has 6 heteroatoms. The van der Waals surface area contributed by atoms with Crippen molar-refractivity contribution >= 4 is 34.2 Å². The maximum absolute atomic E-state index is 12.3. The topological polar surface area (TPSA) is 84.5 Å². The van der Waals surface area contributed by atoms with Crippen molar-refractivity contribution in [1.29, 1.82) is 0 Å². The lowest BCUT2D eigenvalue weighted by molar-refractivity contribution is -0.116. The van der Waals surface area contributed by atoms with Crippen molar-refractivity contribution in [3.63, 3.8) is 0 Å². The summed E-state index contributed by atoms with van der Waals surface area (Å²) in [6, 6.07) is 19.8. The van der Waals surface area contributed by atoms with Gasteiger partial charge in [-0.1, -0.05) is 36.4 Å². The van der Waals surface area contributed by atoms with Crippen LogP contribution in [-0.4, -0.2) is 30.9 Å². The van der Waals surface area contributed by atoms with Crippen molar-refractivity contribution in [3.05, 3.63) is 77.9 Å². The Morgan fingerprint density at radius 1 is 0.862 bits per heavy atom. The van der Waals surface area contributed by atoms with E-state index < -0.39 is 5.97 Å². The average molecular weight is 390 g/mol. The first-order valence-electron chi connectivity index (χ1n) is 9.41. The van der Waals surface area contributed by atoms with E-state index in [0.29, 0.717) is 16.8 Å². The molecule has 0 radical (unpaired) electrons. The van der Waals surface area contributed by atoms with Crippen molar-refractivity contribution in [2.75, 3.05) is 18.5 Å². The minimum Gasteiger partial charge on any atom is -0.462 e. The number of carbonyl (C=O) groups excluding carboxylic acids is 3. The molecule has 0 fully saturated rings. The van der Waals surface area contributed by atoms with Gasteiger partial charge >= 0.3 is 5.97 Å². The smallest absolute Gasteiger partial charge is 0.338 e. The summed E-state index contributed by atoms with van der Waals surface area (Å²) in [6.07, 6.45) is 0.114. The van der Waals surface area contributed by atoms with Gasteiger partial charge in [0.05, 0.1) is 12.2 Å². The van der Waals surface area contributed by atoms with E-state index in [0.717, 1.165) is 10.8 Å². The molecule has 148 valence electrons. The second kappa shape index (κ2) is 9.50. The van der Waals surface area contributed by atoms with Crippen LogP contribution < -0.4 is 10.6 Å². The Morgan fingerprint density at radius 2 is 1.66 bits per heavy atom. The number of nitrogens with one attached hydrogen (secondary N) is 2. The molecular formula is C23H22N2O4. The number of rotatable bonds is 7. The highest BCUT2D eigenvalue weighted by molar-refractivity contribution is 5.99. The van der Waals surface area contributed by atoms with E-state index >= 15 is 0 Å². The third-order valence-electron chi connectivity index (χ3n) is 4.31. The molecule has 3 aromatic rings. The maximum atomic E-state index is 12.3. The van der Waals surface area contributed by atoms with Gasteiger partial charge in [-0.25, -0.2) is 4.79 Å². The first kappa shape index (κ1) is 20.1. The van der Waals surface area contributed by atoms with Crippen molar-refractivity contribution in [2.24, 2.45) is 0 Å². The number of hydrogen-bond donors (Lipinski definition) is 2. The van der Waals surface area contributed by atoms with Gasteiger partial charge in [-0.3, -0.25) is 9.59 Å². The normalized spacial score (nSPS) is 10.4. The van der Waals surface area contributed by atoms with E-state index in [9.17, 15) is 14.4 Å². The molecule has 0 saturated heterocycles. The van der Waals surface area contributed by atoms with Crippen LogP contribution in [0.1, 0.15) is 34.1 Å². The number of amides is 2. The van der Waals surface area contributed by atoms with Gasteiger partial charge in [0.1, 0.15) is 0 Å². The van der Waals surface area contributed by atoms with Gasteiger partial charge in [-0.05, 0) is 48.0 Å². The quantitative estimate of drug-likeness (QED) is 0.602. The Bertz CT molecular complexity index is 1050. The van der Waals surface area contributed by atoms with E-state index in [-0.39, 0.29) is 31.4 Å². The van der Waals surface area contributed by atoms with Gasteiger partial charge < -0.3 is 15.4 Å². The lowest BCUT2D eigenvalue weighted by atomic mass is 10.1. The molecule has 0 aromatic heterocycles. The Hall–Kier alpha value is -3.67. The number of carbonyl (C=O) groups is 3. The summed E-state index contributed by atoms with van der Waals surface area (Å²) < 4.78 is 4.95. The lowest BCUT2D eigenvalue weighted by Gasteiger charge is -2.09. The van der Waals surface area contributed by atoms with Crippen molar-refractivity contribution in [2.45, 2.75) is 13.3 Å². The van der Waals surface area contributed by atoms with Gasteiger partial charge in [0, 0.05) is 24.2 Å². The summed E-state index contributed by atoms with van der Waals surface area (Å²) in [5, 5.41) is 7.52. The largest absolute Gasteiger partial charge is 0.462 e. The van der Waals surface area contributed by atoms with Crippen molar-refractivity contribution < 1.29 is 19.1 Å². The molecule has 0 aliphatic rings. The van der Waals surface area contributed by atoms with Crippen LogP contribution in [0.4, 0.5) is 5.69 Å². The first-order valence-corrected chi connectivity index (χ1v) is 9.41. The summed E-state index contributed by atoms with van der Waals surface area (Å²) >= 11 is 0. The molecule has 0 saturated carbocycles. The van der Waals surface area contributed by atoms with Crippen LogP contribution in [0.5, 0.6) is 0 Å². The summed E-state index contributed by atoms with van der Waals surface area (Å²) in [5.74, 6) is -0.927. The van der Waals surface area contributed by atoms with E-state index in [4.69, 9.17) is 4.74 Å². The minimum absolute atomic E-state index is 0.114. The fourth-order valence-electron chi connectivity index (χ4n) is 2.88. The van der Waals surface area contributed by atoms with Gasteiger partial charge in [-0.2, -0.15) is 0 Å². The highest BCUT2D eigenvalue weighted by Crippen LogP contribution is 2.15. The zero-order valence-electron chi connectivity index (χ0n) is 16.1. The monoisotopic (exact) mass is 390 g/mol. The van der Waals surface area contributed by atoms with Crippen LogP contribution in [0, 0.1) is 0 Å². The predicted molar refractivity (Wildman–Crippen MR) is 112 cm³/mol. The van der Waals surface area contributed by atoms with Crippen LogP contribution in [-0.2, 0) is 9.53 Å². The second-order valence-electron chi connectivity index (χ2n) is 6.42. The van der Waals surface area contributed by atoms with Crippen molar-refractivity contribution in [3.8, 4) is 0 Å². The van der Waals surface area contributed by atoms with Gasteiger partial charge in [0.2, 0.25) is 5.91 Å². The molecule has 0 bridgehead atoms. The molecule has 0 atom stereocenters. The molecule has 0 heterocycles. The van der Waals surface area contributed by atoms with Crippen LogP contribution in [0.2, 0.25) is 0 Å². The minimum atomic E-state index is -0.439. The lowest BCUT2D eigenvalue weighted by Crippen LogP contribution is -2.27. The average Bonchev–Trinajstić information content (AvgIpc) is 2.73. The molecule has 2 amide bonds. The van der Waals surface area contributed by atoms with E-state index in [1.54, 1.807) is 37.3 Å². The molecule has 29 heavy (non-hydrogen) atoms. The summed E-state index contributed by atoms with van der Waals surface area (Å²) in [4.78, 5) is 36.2. The SMILES string of the molecule is CCOC(=O)c1cccc(NC(=O)CCNC(=O)c2ccc3ccccc3c2)c1. The predicted octanol–water partition coefficient (Wildman–Crippen LogP) is 3.78. The van der Waals surface area contributed by atoms with Crippen LogP contribution in [0.3, 0.4) is 0 Å². The third kappa shape index (κ3) is 5.42. The first-order chi connectivity index (χ1) is 14.1. The Labute approximate surface area is 168 Å². The highest BCUT2D eigenvalue weighted by Gasteiger charge is 2.10. The molecule has 0 aliphatic heterocycles. The van der Waals surface area contributed by atoms with E-state index in [2.05, 4.69) is 10.6 Å². The fourth-order valence-corrected chi connectivity index (χ4v) is 2.88. The van der Waals surface area contributed by atoms with Crippen LogP contribution in [0.25, 0.3) is 10.8 Å². The second-order valence-corrected chi connectivity index (χ2v) is 6.42. The molecule has 3 rings (SSSR count). The number of benzene rings is 3. The van der Waals surface area contributed by atoms with Crippen LogP contribution >= 0.6 is 0 Å². The maximum Gasteiger partial charge on any atom is 0.338 e. The number of esters is 1. The molecule has 6 nitrogen and oxygen atoms in total. The van der Waals surface area contributed by atoms with E-state index in [1.807, 2.05) is 36.4 Å². The summed E-state index contributed by atoms with van der Waals surface area (Å²) in [5.41, 5.74) is 1.42. The van der Waals surface area contributed by atoms with Crippen LogP contribution in [0.15, 0.2) is 66.7 Å². The van der Waals surface area contributed by atoms with E-state index in [1.165, 1.54) is 0 Å². The number of hydrogen-bond acceptors (Lipinski definition) is 4. The zero-order chi connectivity index (χ0) is 20.6. The highest BCUT2D eigenvalue weighted by atomic mass is 16.5. The van der Waals surface area contributed by atoms with Gasteiger partial charge in [0.15, 0.2) is 0 Å². The summed E-state index contributed by atoms with van der Waals surface area (Å²) in [6.45, 7) is 2.22. The molecular weight excluding hydrogens is 368 g/mol. The Kier molecular flexibility index (Phi) is 6.58. The Morgan fingerprint density at radius 3 is 2.45 bits per heavy atom. The Balaban J connectivity index is 1.51. The molecule has 0 aliphatic carbocycles. The number of fused-ring (bicyclic) bond motifs is 1. The standard InChI is InChI=1S/C23H22N2O4/c1-2-29-23(28)19-8-5-9-20(15-19)25-21(26)12-13-24-22(27)18-11-10-16-6-3-4-7-17(16)14-18/h3-11,14-15H,2,12-13H2,1H3,(H,24,27)(H,25,26). The molecule has 0 spiro atoms. The van der Waals surface area contributed by atoms with Crippen molar-refractivity contribution in [1.82, 2.24) is 5.32 Å². The third-order valence-corrected chi connectivity index (χ3v) is 4.31. The van der Waals surface area contributed by atoms with Gasteiger partial charge in [0.25, 0.3) is 5.91 Å². The molecule has 3 aromatic carbocycles. The molecule has 2 N–H and O–H groups in total. The zero-order valence-corrected chi connectivity index (χ0v) is 16.1. The van der Waals surface area contributed by atoms with Gasteiger partial charge in [-0.15, -0.1) is 0 Å². The molecule has 0 unspecified atom stereocenters. The number of ether oxygens (including phenoxy) is 1. The number of anilines is 1. The fraction of sp³-hybridized carbons (Fsp3) is 0.174.